The molecule has 0 saturated heterocycles. The lowest BCUT2D eigenvalue weighted by molar-refractivity contribution is 0.181. The van der Waals surface area contributed by atoms with Crippen molar-refractivity contribution in [3.05, 3.63) is 67.5 Å². The monoisotopic (exact) mass is 254 g/mol. The summed E-state index contributed by atoms with van der Waals surface area (Å²) in [5.41, 5.74) is 1.26. The van der Waals surface area contributed by atoms with Gasteiger partial charge >= 0.3 is 0 Å². The summed E-state index contributed by atoms with van der Waals surface area (Å²) in [6.07, 6.45) is 4.20. The molecule has 0 aliphatic rings. The number of rotatable bonds is 7. The SMILES string of the molecule is C=CCc1ccc(OCCOC=C)c2ccccc12. The lowest BCUT2D eigenvalue weighted by atomic mass is 10.0. The van der Waals surface area contributed by atoms with E-state index in [1.165, 1.54) is 17.2 Å². The van der Waals surface area contributed by atoms with E-state index in [2.05, 4.69) is 31.4 Å². The van der Waals surface area contributed by atoms with Gasteiger partial charge in [-0.05, 0) is 23.4 Å². The van der Waals surface area contributed by atoms with E-state index in [1.54, 1.807) is 0 Å². The van der Waals surface area contributed by atoms with Crippen molar-refractivity contribution in [1.82, 2.24) is 0 Å². The zero-order valence-electron chi connectivity index (χ0n) is 11.0. The molecule has 2 aromatic rings. The van der Waals surface area contributed by atoms with Gasteiger partial charge in [0.1, 0.15) is 19.0 Å². The summed E-state index contributed by atoms with van der Waals surface area (Å²) in [6.45, 7) is 8.32. The maximum atomic E-state index is 5.76. The topological polar surface area (TPSA) is 18.5 Å². The van der Waals surface area contributed by atoms with Gasteiger partial charge in [0.2, 0.25) is 0 Å². The standard InChI is InChI=1S/C17H18O2/c1-3-7-14-10-11-17(19-13-12-18-4-2)16-9-6-5-8-15(14)16/h3-6,8-11H,1-2,7,12-13H2. The summed E-state index contributed by atoms with van der Waals surface area (Å²) < 4.78 is 10.8. The number of hydrogen-bond acceptors (Lipinski definition) is 2. The van der Waals surface area contributed by atoms with Crippen molar-refractivity contribution in [3.63, 3.8) is 0 Å². The van der Waals surface area contributed by atoms with Gasteiger partial charge in [0, 0.05) is 5.39 Å². The Labute approximate surface area is 114 Å². The Morgan fingerprint density at radius 2 is 1.74 bits per heavy atom. The number of allylic oxidation sites excluding steroid dienone is 1. The second kappa shape index (κ2) is 6.64. The van der Waals surface area contributed by atoms with Crippen LogP contribution in [-0.4, -0.2) is 13.2 Å². The first-order valence-corrected chi connectivity index (χ1v) is 6.33. The van der Waals surface area contributed by atoms with E-state index in [1.807, 2.05) is 24.3 Å². The smallest absolute Gasteiger partial charge is 0.127 e. The van der Waals surface area contributed by atoms with E-state index in [0.717, 1.165) is 17.6 Å². The fraction of sp³-hybridized carbons (Fsp3) is 0.176. The highest BCUT2D eigenvalue weighted by Gasteiger charge is 2.05. The summed E-state index contributed by atoms with van der Waals surface area (Å²) in [7, 11) is 0. The van der Waals surface area contributed by atoms with Crippen LogP contribution in [0.2, 0.25) is 0 Å². The van der Waals surface area contributed by atoms with Gasteiger partial charge in [0.15, 0.2) is 0 Å². The first kappa shape index (κ1) is 13.2. The predicted molar refractivity (Wildman–Crippen MR) is 79.5 cm³/mol. The van der Waals surface area contributed by atoms with Crippen LogP contribution in [0.1, 0.15) is 5.56 Å². The fourth-order valence-corrected chi connectivity index (χ4v) is 2.08. The Kier molecular flexibility index (Phi) is 4.62. The molecule has 2 heteroatoms. The highest BCUT2D eigenvalue weighted by Crippen LogP contribution is 2.28. The Morgan fingerprint density at radius 1 is 0.947 bits per heavy atom. The van der Waals surface area contributed by atoms with E-state index >= 15 is 0 Å². The molecule has 0 bridgehead atoms. The van der Waals surface area contributed by atoms with E-state index in [4.69, 9.17) is 9.47 Å². The van der Waals surface area contributed by atoms with Gasteiger partial charge in [-0.15, -0.1) is 6.58 Å². The molecule has 0 saturated carbocycles. The van der Waals surface area contributed by atoms with Crippen LogP contribution in [0.3, 0.4) is 0 Å². The Morgan fingerprint density at radius 3 is 2.47 bits per heavy atom. The lowest BCUT2D eigenvalue weighted by Crippen LogP contribution is -2.04. The molecule has 0 N–H and O–H groups in total. The van der Waals surface area contributed by atoms with Gasteiger partial charge in [0.05, 0.1) is 6.26 Å². The third-order valence-corrected chi connectivity index (χ3v) is 2.92. The summed E-state index contributed by atoms with van der Waals surface area (Å²) in [6, 6.07) is 12.3. The molecular formula is C17H18O2. The first-order valence-electron chi connectivity index (χ1n) is 6.33. The second-order valence-corrected chi connectivity index (χ2v) is 4.15. The van der Waals surface area contributed by atoms with E-state index in [-0.39, 0.29) is 0 Å². The van der Waals surface area contributed by atoms with Gasteiger partial charge in [0.25, 0.3) is 0 Å². The number of benzene rings is 2. The molecule has 0 fully saturated rings. The quantitative estimate of drug-likeness (QED) is 0.420. The molecule has 0 unspecified atom stereocenters. The highest BCUT2D eigenvalue weighted by molar-refractivity contribution is 5.91. The maximum Gasteiger partial charge on any atom is 0.127 e. The summed E-state index contributed by atoms with van der Waals surface area (Å²) in [5.74, 6) is 0.885. The molecule has 0 heterocycles. The number of ether oxygens (including phenoxy) is 2. The molecule has 0 amide bonds. The summed E-state index contributed by atoms with van der Waals surface area (Å²) in [5, 5.41) is 2.34. The fourth-order valence-electron chi connectivity index (χ4n) is 2.08. The van der Waals surface area contributed by atoms with Gasteiger partial charge in [-0.25, -0.2) is 0 Å². The molecule has 19 heavy (non-hydrogen) atoms. The average Bonchev–Trinajstić information content (AvgIpc) is 2.46. The second-order valence-electron chi connectivity index (χ2n) is 4.15. The van der Waals surface area contributed by atoms with Gasteiger partial charge < -0.3 is 9.47 Å². The van der Waals surface area contributed by atoms with Crippen molar-refractivity contribution in [1.29, 1.82) is 0 Å². The van der Waals surface area contributed by atoms with Crippen molar-refractivity contribution in [2.45, 2.75) is 6.42 Å². The minimum absolute atomic E-state index is 0.506. The molecule has 0 aliphatic carbocycles. The molecule has 0 spiro atoms. The van der Waals surface area contributed by atoms with Crippen molar-refractivity contribution < 1.29 is 9.47 Å². The Balaban J connectivity index is 2.27. The molecule has 2 rings (SSSR count). The zero-order chi connectivity index (χ0) is 13.5. The molecule has 2 aromatic carbocycles. The van der Waals surface area contributed by atoms with Gasteiger partial charge in [-0.2, -0.15) is 0 Å². The molecule has 0 radical (unpaired) electrons. The largest absolute Gasteiger partial charge is 0.498 e. The van der Waals surface area contributed by atoms with Crippen molar-refractivity contribution >= 4 is 10.8 Å². The van der Waals surface area contributed by atoms with Crippen LogP contribution < -0.4 is 4.74 Å². The Hall–Kier alpha value is -2.22. The molecule has 98 valence electrons. The molecule has 0 aliphatic heterocycles. The van der Waals surface area contributed by atoms with Crippen molar-refractivity contribution in [2.24, 2.45) is 0 Å². The van der Waals surface area contributed by atoms with Crippen LogP contribution in [0.15, 0.2) is 61.9 Å². The predicted octanol–water partition coefficient (Wildman–Crippen LogP) is 4.11. The van der Waals surface area contributed by atoms with E-state index in [9.17, 15) is 0 Å². The molecule has 0 aromatic heterocycles. The van der Waals surface area contributed by atoms with Crippen LogP contribution in [-0.2, 0) is 11.2 Å². The van der Waals surface area contributed by atoms with Crippen LogP contribution in [0.5, 0.6) is 5.75 Å². The van der Waals surface area contributed by atoms with E-state index in [0.29, 0.717) is 13.2 Å². The van der Waals surface area contributed by atoms with Gasteiger partial charge in [-0.3, -0.25) is 0 Å². The summed E-state index contributed by atoms with van der Waals surface area (Å²) >= 11 is 0. The van der Waals surface area contributed by atoms with Crippen LogP contribution >= 0.6 is 0 Å². The third kappa shape index (κ3) is 3.16. The van der Waals surface area contributed by atoms with Crippen molar-refractivity contribution in [3.8, 4) is 5.75 Å². The normalized spacial score (nSPS) is 10.1. The number of fused-ring (bicyclic) bond motifs is 1. The van der Waals surface area contributed by atoms with Gasteiger partial charge in [-0.1, -0.05) is 43.0 Å². The first-order chi connectivity index (χ1) is 9.36. The number of hydrogen-bond donors (Lipinski definition) is 0. The van der Waals surface area contributed by atoms with Crippen LogP contribution in [0, 0.1) is 0 Å². The maximum absolute atomic E-state index is 5.76. The lowest BCUT2D eigenvalue weighted by Gasteiger charge is -2.11. The third-order valence-electron chi connectivity index (χ3n) is 2.92. The molecular weight excluding hydrogens is 236 g/mol. The minimum atomic E-state index is 0.506. The molecule has 0 atom stereocenters. The Bertz CT molecular complexity index is 572. The van der Waals surface area contributed by atoms with Crippen LogP contribution in [0.4, 0.5) is 0 Å². The summed E-state index contributed by atoms with van der Waals surface area (Å²) in [4.78, 5) is 0. The van der Waals surface area contributed by atoms with E-state index < -0.39 is 0 Å². The van der Waals surface area contributed by atoms with Crippen LogP contribution in [0.25, 0.3) is 10.8 Å². The average molecular weight is 254 g/mol. The van der Waals surface area contributed by atoms with Crippen molar-refractivity contribution in [2.75, 3.05) is 13.2 Å². The minimum Gasteiger partial charge on any atom is -0.498 e. The molecule has 2 nitrogen and oxygen atoms in total. The highest BCUT2D eigenvalue weighted by atomic mass is 16.5. The zero-order valence-corrected chi connectivity index (χ0v) is 11.0.